The Balaban J connectivity index is 1.95. The van der Waals surface area contributed by atoms with E-state index in [9.17, 15) is 9.59 Å². The summed E-state index contributed by atoms with van der Waals surface area (Å²) in [6.45, 7) is 2.15. The number of carbonyl (C=O) groups excluding carboxylic acids is 2. The molecule has 5 nitrogen and oxygen atoms in total. The first-order chi connectivity index (χ1) is 7.27. The summed E-state index contributed by atoms with van der Waals surface area (Å²) in [5.74, 6) is -0.0941. The Bertz CT molecular complexity index is 261. The molecule has 0 bridgehead atoms. The van der Waals surface area contributed by atoms with Crippen molar-refractivity contribution in [2.24, 2.45) is 0 Å². The van der Waals surface area contributed by atoms with Crippen molar-refractivity contribution < 1.29 is 14.3 Å². The molecular formula is C10H16N2O3. The third-order valence-corrected chi connectivity index (χ3v) is 2.78. The minimum absolute atomic E-state index is 0.0236. The van der Waals surface area contributed by atoms with E-state index < -0.39 is 0 Å². The summed E-state index contributed by atoms with van der Waals surface area (Å²) < 4.78 is 5.32. The van der Waals surface area contributed by atoms with Crippen LogP contribution in [-0.4, -0.2) is 49.1 Å². The Labute approximate surface area is 88.8 Å². The van der Waals surface area contributed by atoms with Gasteiger partial charge >= 0.3 is 0 Å². The van der Waals surface area contributed by atoms with Crippen molar-refractivity contribution in [2.75, 3.05) is 26.2 Å². The Morgan fingerprint density at radius 1 is 1.47 bits per heavy atom. The minimum Gasteiger partial charge on any atom is -0.368 e. The Hall–Kier alpha value is -1.10. The number of carbonyl (C=O) groups is 2. The molecule has 2 rings (SSSR count). The number of nitrogens with zero attached hydrogens (tertiary/aromatic N) is 1. The molecule has 0 radical (unpaired) electrons. The first-order valence-electron chi connectivity index (χ1n) is 5.44. The largest absolute Gasteiger partial charge is 0.368 e. The predicted octanol–water partition coefficient (Wildman–Crippen LogP) is -0.486. The van der Waals surface area contributed by atoms with Gasteiger partial charge in [0.15, 0.2) is 0 Å². The lowest BCUT2D eigenvalue weighted by Crippen LogP contribution is -2.42. The van der Waals surface area contributed by atoms with Gasteiger partial charge in [-0.25, -0.2) is 0 Å². The average molecular weight is 212 g/mol. The Morgan fingerprint density at radius 3 is 3.07 bits per heavy atom. The summed E-state index contributed by atoms with van der Waals surface area (Å²) in [5, 5.41) is 2.75. The second kappa shape index (κ2) is 4.61. The van der Waals surface area contributed by atoms with E-state index in [1.54, 1.807) is 4.90 Å². The van der Waals surface area contributed by atoms with Crippen LogP contribution in [0.15, 0.2) is 0 Å². The molecule has 0 aliphatic carbocycles. The van der Waals surface area contributed by atoms with Gasteiger partial charge in [-0.2, -0.15) is 0 Å². The second-order valence-electron chi connectivity index (χ2n) is 3.96. The Kier molecular flexibility index (Phi) is 3.20. The molecule has 2 fully saturated rings. The number of rotatable bonds is 1. The first kappa shape index (κ1) is 10.4. The molecule has 2 heterocycles. The molecule has 84 valence electrons. The summed E-state index contributed by atoms with van der Waals surface area (Å²) in [6, 6.07) is 0. The van der Waals surface area contributed by atoms with Crippen molar-refractivity contribution in [1.82, 2.24) is 10.2 Å². The normalized spacial score (nSPS) is 27.3. The highest BCUT2D eigenvalue weighted by Gasteiger charge is 2.29. The number of amides is 2. The van der Waals surface area contributed by atoms with Crippen LogP contribution in [0, 0.1) is 0 Å². The number of nitrogens with one attached hydrogen (secondary N) is 1. The highest BCUT2D eigenvalue weighted by Crippen LogP contribution is 2.15. The maximum Gasteiger partial charge on any atom is 0.252 e. The highest BCUT2D eigenvalue weighted by molar-refractivity contribution is 5.87. The number of ether oxygens (including phenoxy) is 1. The van der Waals surface area contributed by atoms with E-state index in [4.69, 9.17) is 4.74 Å². The van der Waals surface area contributed by atoms with Crippen molar-refractivity contribution in [1.29, 1.82) is 0 Å². The molecule has 0 aromatic rings. The average Bonchev–Trinajstić information content (AvgIpc) is 2.67. The molecule has 2 aliphatic heterocycles. The van der Waals surface area contributed by atoms with Crippen LogP contribution in [-0.2, 0) is 14.3 Å². The lowest BCUT2D eigenvalue weighted by molar-refractivity contribution is -0.143. The van der Waals surface area contributed by atoms with E-state index in [-0.39, 0.29) is 24.5 Å². The molecule has 15 heavy (non-hydrogen) atoms. The van der Waals surface area contributed by atoms with Crippen LogP contribution in [0.1, 0.15) is 19.3 Å². The van der Waals surface area contributed by atoms with Gasteiger partial charge in [0, 0.05) is 19.7 Å². The predicted molar refractivity (Wildman–Crippen MR) is 53.2 cm³/mol. The smallest absolute Gasteiger partial charge is 0.252 e. The van der Waals surface area contributed by atoms with E-state index >= 15 is 0 Å². The van der Waals surface area contributed by atoms with Crippen molar-refractivity contribution in [3.8, 4) is 0 Å². The molecule has 0 aromatic heterocycles. The van der Waals surface area contributed by atoms with Gasteiger partial charge in [-0.3, -0.25) is 9.59 Å². The molecule has 0 spiro atoms. The lowest BCUT2D eigenvalue weighted by Gasteiger charge is -2.22. The van der Waals surface area contributed by atoms with Gasteiger partial charge in [0.2, 0.25) is 5.91 Å². The van der Waals surface area contributed by atoms with Gasteiger partial charge in [-0.1, -0.05) is 0 Å². The third kappa shape index (κ3) is 2.47. The van der Waals surface area contributed by atoms with Crippen LogP contribution in [0.3, 0.4) is 0 Å². The molecule has 0 aromatic carbocycles. The van der Waals surface area contributed by atoms with E-state index in [0.717, 1.165) is 19.3 Å². The van der Waals surface area contributed by atoms with Gasteiger partial charge in [-0.05, 0) is 19.3 Å². The topological polar surface area (TPSA) is 58.6 Å². The first-order valence-corrected chi connectivity index (χ1v) is 5.44. The fourth-order valence-electron chi connectivity index (χ4n) is 1.97. The molecule has 2 aliphatic rings. The van der Waals surface area contributed by atoms with Gasteiger partial charge in [0.25, 0.3) is 5.91 Å². The molecule has 0 saturated carbocycles. The summed E-state index contributed by atoms with van der Waals surface area (Å²) >= 11 is 0. The summed E-state index contributed by atoms with van der Waals surface area (Å²) in [5.41, 5.74) is 0. The quantitative estimate of drug-likeness (QED) is 0.638. The third-order valence-electron chi connectivity index (χ3n) is 2.78. The van der Waals surface area contributed by atoms with E-state index in [2.05, 4.69) is 5.32 Å². The van der Waals surface area contributed by atoms with Crippen LogP contribution >= 0.6 is 0 Å². The molecule has 2 saturated heterocycles. The zero-order valence-corrected chi connectivity index (χ0v) is 8.70. The van der Waals surface area contributed by atoms with Gasteiger partial charge < -0.3 is 15.0 Å². The summed E-state index contributed by atoms with van der Waals surface area (Å²) in [6.07, 6.45) is 2.24. The number of hydrogen-bond acceptors (Lipinski definition) is 3. The van der Waals surface area contributed by atoms with Crippen molar-refractivity contribution in [3.05, 3.63) is 0 Å². The van der Waals surface area contributed by atoms with Gasteiger partial charge in [0.05, 0.1) is 6.54 Å². The minimum atomic E-state index is -0.309. The van der Waals surface area contributed by atoms with Crippen LogP contribution in [0.4, 0.5) is 0 Å². The molecular weight excluding hydrogens is 196 g/mol. The number of hydrogen-bond donors (Lipinski definition) is 1. The molecule has 2 amide bonds. The monoisotopic (exact) mass is 212 g/mol. The van der Waals surface area contributed by atoms with Gasteiger partial charge in [0.1, 0.15) is 6.10 Å². The maximum atomic E-state index is 11.9. The van der Waals surface area contributed by atoms with Crippen molar-refractivity contribution in [2.45, 2.75) is 25.4 Å². The fraction of sp³-hybridized carbons (Fsp3) is 0.800. The van der Waals surface area contributed by atoms with E-state index in [1.807, 2.05) is 0 Å². The van der Waals surface area contributed by atoms with Crippen LogP contribution in [0.2, 0.25) is 0 Å². The van der Waals surface area contributed by atoms with Crippen LogP contribution < -0.4 is 5.32 Å². The zero-order chi connectivity index (χ0) is 10.7. The maximum absolute atomic E-state index is 11.9. The van der Waals surface area contributed by atoms with Crippen LogP contribution in [0.5, 0.6) is 0 Å². The summed E-state index contributed by atoms with van der Waals surface area (Å²) in [4.78, 5) is 24.8. The second-order valence-corrected chi connectivity index (χ2v) is 3.96. The van der Waals surface area contributed by atoms with E-state index in [1.165, 1.54) is 0 Å². The van der Waals surface area contributed by atoms with Crippen molar-refractivity contribution in [3.63, 3.8) is 0 Å². The molecule has 0 unspecified atom stereocenters. The SMILES string of the molecule is O=C1CN(C(=O)[C@H]2CCCO2)CCCN1. The van der Waals surface area contributed by atoms with Crippen LogP contribution in [0.25, 0.3) is 0 Å². The van der Waals surface area contributed by atoms with Gasteiger partial charge in [-0.15, -0.1) is 0 Å². The molecule has 1 N–H and O–H groups in total. The molecule has 1 atom stereocenters. The van der Waals surface area contributed by atoms with Crippen molar-refractivity contribution >= 4 is 11.8 Å². The standard InChI is InChI=1S/C10H16N2O3/c13-9-7-12(5-2-4-11-9)10(14)8-3-1-6-15-8/h8H,1-7H2,(H,11,13)/t8-/m1/s1. The molecule has 5 heteroatoms. The van der Waals surface area contributed by atoms with E-state index in [0.29, 0.717) is 19.7 Å². The fourth-order valence-corrected chi connectivity index (χ4v) is 1.97. The summed E-state index contributed by atoms with van der Waals surface area (Å²) in [7, 11) is 0. The Morgan fingerprint density at radius 2 is 2.33 bits per heavy atom. The zero-order valence-electron chi connectivity index (χ0n) is 8.70. The highest BCUT2D eigenvalue weighted by atomic mass is 16.5. The lowest BCUT2D eigenvalue weighted by atomic mass is 10.2.